The third kappa shape index (κ3) is 4.17. The molecule has 23 heavy (non-hydrogen) atoms. The fourth-order valence-corrected chi connectivity index (χ4v) is 2.88. The number of nitrogens with one attached hydrogen (secondary N) is 3. The number of amides is 3. The van der Waals surface area contributed by atoms with Crippen LogP contribution in [0.3, 0.4) is 0 Å². The zero-order valence-electron chi connectivity index (χ0n) is 12.8. The van der Waals surface area contributed by atoms with E-state index in [0.717, 1.165) is 19.5 Å². The van der Waals surface area contributed by atoms with Gasteiger partial charge in [0, 0.05) is 17.7 Å². The first-order valence-electron chi connectivity index (χ1n) is 7.77. The zero-order valence-corrected chi connectivity index (χ0v) is 12.8. The minimum absolute atomic E-state index is 0.257. The third-order valence-electron chi connectivity index (χ3n) is 4.00. The van der Waals surface area contributed by atoms with E-state index in [1.807, 2.05) is 30.3 Å². The molecule has 3 amide bonds. The number of hydrogen-bond donors (Lipinski definition) is 3. The lowest BCUT2D eigenvalue weighted by Crippen LogP contribution is -3.13. The number of carbonyl (C=O) groups is 2. The Hall–Kier alpha value is -2.66. The van der Waals surface area contributed by atoms with Crippen LogP contribution in [-0.2, 0) is 17.8 Å². The molecule has 5 heteroatoms. The SMILES string of the molecule is O=C(C[NH+]1CCc2ccccc2C1)NC(=O)Nc1ccccc1. The van der Waals surface area contributed by atoms with Crippen LogP contribution in [0, 0.1) is 0 Å². The molecule has 1 atom stereocenters. The van der Waals surface area contributed by atoms with Crippen LogP contribution in [0.4, 0.5) is 10.5 Å². The van der Waals surface area contributed by atoms with E-state index >= 15 is 0 Å². The van der Waals surface area contributed by atoms with Gasteiger partial charge in [0.25, 0.3) is 5.91 Å². The van der Waals surface area contributed by atoms with Gasteiger partial charge < -0.3 is 10.2 Å². The predicted molar refractivity (Wildman–Crippen MR) is 88.2 cm³/mol. The van der Waals surface area contributed by atoms with Gasteiger partial charge in [-0.3, -0.25) is 10.1 Å². The summed E-state index contributed by atoms with van der Waals surface area (Å²) in [7, 11) is 0. The maximum absolute atomic E-state index is 12.0. The Bertz CT molecular complexity index is 700. The summed E-state index contributed by atoms with van der Waals surface area (Å²) in [6, 6.07) is 16.9. The van der Waals surface area contributed by atoms with E-state index in [9.17, 15) is 9.59 Å². The molecule has 1 heterocycles. The quantitative estimate of drug-likeness (QED) is 0.791. The molecule has 1 aliphatic heterocycles. The Kier molecular flexibility index (Phi) is 4.68. The molecule has 0 aromatic heterocycles. The monoisotopic (exact) mass is 310 g/mol. The van der Waals surface area contributed by atoms with Gasteiger partial charge in [0.2, 0.25) is 0 Å². The van der Waals surface area contributed by atoms with Crippen LogP contribution in [0.5, 0.6) is 0 Å². The van der Waals surface area contributed by atoms with Gasteiger partial charge in [0.1, 0.15) is 6.54 Å². The molecule has 1 aliphatic rings. The molecular formula is C18H20N3O2+. The van der Waals surface area contributed by atoms with Crippen molar-refractivity contribution in [1.82, 2.24) is 5.32 Å². The van der Waals surface area contributed by atoms with Crippen LogP contribution in [0.2, 0.25) is 0 Å². The highest BCUT2D eigenvalue weighted by Crippen LogP contribution is 2.10. The summed E-state index contributed by atoms with van der Waals surface area (Å²) in [5, 5.41) is 5.04. The first-order chi connectivity index (χ1) is 11.2. The van der Waals surface area contributed by atoms with Gasteiger partial charge in [-0.15, -0.1) is 0 Å². The zero-order chi connectivity index (χ0) is 16.1. The summed E-state index contributed by atoms with van der Waals surface area (Å²) in [6.07, 6.45) is 0.967. The van der Waals surface area contributed by atoms with E-state index in [0.29, 0.717) is 12.2 Å². The first-order valence-corrected chi connectivity index (χ1v) is 7.77. The van der Waals surface area contributed by atoms with E-state index in [1.54, 1.807) is 12.1 Å². The lowest BCUT2D eigenvalue weighted by molar-refractivity contribution is -0.908. The minimum Gasteiger partial charge on any atom is -0.323 e. The fourth-order valence-electron chi connectivity index (χ4n) is 2.88. The summed E-state index contributed by atoms with van der Waals surface area (Å²) < 4.78 is 0. The number of imide groups is 1. The number of para-hydroxylation sites is 1. The van der Waals surface area contributed by atoms with Crippen molar-refractivity contribution >= 4 is 17.6 Å². The number of hydrogen-bond acceptors (Lipinski definition) is 2. The molecule has 0 fully saturated rings. The van der Waals surface area contributed by atoms with Crippen molar-refractivity contribution in [2.24, 2.45) is 0 Å². The van der Waals surface area contributed by atoms with Gasteiger partial charge in [-0.05, 0) is 17.7 Å². The molecule has 0 spiro atoms. The van der Waals surface area contributed by atoms with Crippen molar-refractivity contribution in [1.29, 1.82) is 0 Å². The fraction of sp³-hybridized carbons (Fsp3) is 0.222. The molecule has 2 aromatic rings. The lowest BCUT2D eigenvalue weighted by atomic mass is 10.00. The molecule has 3 N–H and O–H groups in total. The number of benzene rings is 2. The van der Waals surface area contributed by atoms with E-state index in [2.05, 4.69) is 22.8 Å². The van der Waals surface area contributed by atoms with Crippen LogP contribution in [0.1, 0.15) is 11.1 Å². The molecule has 0 saturated heterocycles. The predicted octanol–water partition coefficient (Wildman–Crippen LogP) is 0.976. The summed E-state index contributed by atoms with van der Waals surface area (Å²) in [4.78, 5) is 25.0. The van der Waals surface area contributed by atoms with Crippen molar-refractivity contribution < 1.29 is 14.5 Å². The normalized spacial score (nSPS) is 16.3. The van der Waals surface area contributed by atoms with Gasteiger partial charge in [0.15, 0.2) is 6.54 Å². The minimum atomic E-state index is -0.488. The summed E-state index contributed by atoms with van der Waals surface area (Å²) in [5.74, 6) is -0.257. The van der Waals surface area contributed by atoms with Crippen molar-refractivity contribution in [3.63, 3.8) is 0 Å². The van der Waals surface area contributed by atoms with E-state index in [1.165, 1.54) is 16.0 Å². The molecule has 3 rings (SSSR count). The standard InChI is InChI=1S/C18H19N3O2/c22-17(20-18(23)19-16-8-2-1-3-9-16)13-21-11-10-14-6-4-5-7-15(14)12-21/h1-9H,10-13H2,(H2,19,20,22,23)/p+1. The Labute approximate surface area is 135 Å². The number of anilines is 1. The first kappa shape index (κ1) is 15.2. The van der Waals surface area contributed by atoms with Gasteiger partial charge in [-0.1, -0.05) is 42.5 Å². The molecule has 0 bridgehead atoms. The number of carbonyl (C=O) groups excluding carboxylic acids is 2. The van der Waals surface area contributed by atoms with E-state index in [-0.39, 0.29) is 5.91 Å². The van der Waals surface area contributed by atoms with Crippen LogP contribution >= 0.6 is 0 Å². The molecule has 0 radical (unpaired) electrons. The summed E-state index contributed by atoms with van der Waals surface area (Å²) >= 11 is 0. The summed E-state index contributed by atoms with van der Waals surface area (Å²) in [5.41, 5.74) is 3.31. The highest BCUT2D eigenvalue weighted by molar-refractivity contribution is 6.01. The molecule has 118 valence electrons. The van der Waals surface area contributed by atoms with E-state index in [4.69, 9.17) is 0 Å². The maximum Gasteiger partial charge on any atom is 0.326 e. The van der Waals surface area contributed by atoms with Crippen LogP contribution in [0.25, 0.3) is 0 Å². The van der Waals surface area contributed by atoms with Crippen LogP contribution in [0.15, 0.2) is 54.6 Å². The second kappa shape index (κ2) is 7.07. The number of quaternary nitrogens is 1. The summed E-state index contributed by atoms with van der Waals surface area (Å²) in [6.45, 7) is 2.03. The molecule has 1 unspecified atom stereocenters. The van der Waals surface area contributed by atoms with Crippen molar-refractivity contribution in [3.8, 4) is 0 Å². The van der Waals surface area contributed by atoms with Crippen molar-refractivity contribution in [3.05, 3.63) is 65.7 Å². The topological polar surface area (TPSA) is 62.6 Å². The third-order valence-corrected chi connectivity index (χ3v) is 4.00. The second-order valence-electron chi connectivity index (χ2n) is 5.74. The number of fused-ring (bicyclic) bond motifs is 1. The largest absolute Gasteiger partial charge is 0.326 e. The van der Waals surface area contributed by atoms with Gasteiger partial charge in [-0.2, -0.15) is 0 Å². The Balaban J connectivity index is 1.49. The molecule has 0 saturated carbocycles. The average Bonchev–Trinajstić information content (AvgIpc) is 2.55. The van der Waals surface area contributed by atoms with Crippen LogP contribution < -0.4 is 15.5 Å². The Morgan fingerprint density at radius 2 is 1.65 bits per heavy atom. The van der Waals surface area contributed by atoms with Gasteiger partial charge in [-0.25, -0.2) is 4.79 Å². The van der Waals surface area contributed by atoms with Crippen molar-refractivity contribution in [2.75, 3.05) is 18.4 Å². The highest BCUT2D eigenvalue weighted by atomic mass is 16.2. The van der Waals surface area contributed by atoms with Gasteiger partial charge in [0.05, 0.1) is 6.54 Å². The number of urea groups is 1. The molecule has 0 aliphatic carbocycles. The number of rotatable bonds is 3. The maximum atomic E-state index is 12.0. The van der Waals surface area contributed by atoms with Gasteiger partial charge >= 0.3 is 6.03 Å². The highest BCUT2D eigenvalue weighted by Gasteiger charge is 2.22. The second-order valence-corrected chi connectivity index (χ2v) is 5.74. The molecule has 5 nitrogen and oxygen atoms in total. The molecule has 2 aromatic carbocycles. The van der Waals surface area contributed by atoms with E-state index < -0.39 is 6.03 Å². The average molecular weight is 310 g/mol. The Morgan fingerprint density at radius 1 is 0.957 bits per heavy atom. The van der Waals surface area contributed by atoms with Crippen LogP contribution in [-0.4, -0.2) is 25.0 Å². The lowest BCUT2D eigenvalue weighted by Gasteiger charge is -2.25. The smallest absolute Gasteiger partial charge is 0.323 e. The Morgan fingerprint density at radius 3 is 2.43 bits per heavy atom. The molecular weight excluding hydrogens is 290 g/mol. The van der Waals surface area contributed by atoms with Crippen molar-refractivity contribution in [2.45, 2.75) is 13.0 Å².